The van der Waals surface area contributed by atoms with Crippen LogP contribution < -0.4 is 20.5 Å². The number of nitrogens with zero attached hydrogens (tertiary/aromatic N) is 2. The summed E-state index contributed by atoms with van der Waals surface area (Å²) in [6.07, 6.45) is 2.59. The van der Waals surface area contributed by atoms with E-state index in [4.69, 9.17) is 48.1 Å². The first kappa shape index (κ1) is 19.8. The molecule has 0 spiro atoms. The normalized spacial score (nSPS) is 16.2. The molecule has 2 aromatic heterocycles. The molecule has 3 aromatic rings. The molecular formula is C20H20Cl2N4O3. The highest BCUT2D eigenvalue weighted by Gasteiger charge is 2.22. The molecule has 0 saturated carbocycles. The number of methoxy groups -OCH3 is 2. The first-order valence-electron chi connectivity index (χ1n) is 9.02. The van der Waals surface area contributed by atoms with Crippen molar-refractivity contribution in [3.05, 3.63) is 34.4 Å². The molecule has 29 heavy (non-hydrogen) atoms. The molecule has 0 amide bonds. The van der Waals surface area contributed by atoms with Gasteiger partial charge in [0.25, 0.3) is 0 Å². The number of hydrogen-bond donors (Lipinski definition) is 2. The van der Waals surface area contributed by atoms with E-state index in [2.05, 4.69) is 10.3 Å². The van der Waals surface area contributed by atoms with Crippen molar-refractivity contribution in [2.45, 2.75) is 12.5 Å². The lowest BCUT2D eigenvalue weighted by Crippen LogP contribution is -2.20. The molecular weight excluding hydrogens is 415 g/mol. The Labute approximate surface area is 178 Å². The van der Waals surface area contributed by atoms with Crippen molar-refractivity contribution in [2.75, 3.05) is 38.5 Å². The van der Waals surface area contributed by atoms with Crippen molar-refractivity contribution in [1.29, 1.82) is 0 Å². The third-order valence-electron chi connectivity index (χ3n) is 4.84. The van der Waals surface area contributed by atoms with E-state index >= 15 is 0 Å². The lowest BCUT2D eigenvalue weighted by atomic mass is 10.1. The lowest BCUT2D eigenvalue weighted by molar-refractivity contribution is 0.195. The van der Waals surface area contributed by atoms with Crippen LogP contribution >= 0.6 is 23.2 Å². The summed E-state index contributed by atoms with van der Waals surface area (Å²) in [5, 5.41) is 5.85. The molecule has 152 valence electrons. The molecule has 1 aliphatic heterocycles. The molecule has 3 heterocycles. The summed E-state index contributed by atoms with van der Waals surface area (Å²) in [7, 11) is 3.07. The minimum atomic E-state index is 0.154. The van der Waals surface area contributed by atoms with E-state index < -0.39 is 0 Å². The van der Waals surface area contributed by atoms with Crippen LogP contribution in [0.1, 0.15) is 6.42 Å². The Balaban J connectivity index is 1.94. The molecule has 9 heteroatoms. The van der Waals surface area contributed by atoms with Gasteiger partial charge in [-0.2, -0.15) is 0 Å². The van der Waals surface area contributed by atoms with Gasteiger partial charge in [0.2, 0.25) is 0 Å². The predicted octanol–water partition coefficient (Wildman–Crippen LogP) is 4.40. The monoisotopic (exact) mass is 434 g/mol. The number of nitrogens with two attached hydrogens (primary N) is 1. The van der Waals surface area contributed by atoms with E-state index in [0.717, 1.165) is 17.2 Å². The molecule has 7 nitrogen and oxygen atoms in total. The summed E-state index contributed by atoms with van der Waals surface area (Å²) in [6, 6.07) is 5.46. The first-order chi connectivity index (χ1) is 14.0. The van der Waals surface area contributed by atoms with Gasteiger partial charge >= 0.3 is 0 Å². The molecule has 0 radical (unpaired) electrons. The van der Waals surface area contributed by atoms with Crippen molar-refractivity contribution in [1.82, 2.24) is 9.97 Å². The number of nitrogens with one attached hydrogen (secondary N) is 1. The quantitative estimate of drug-likeness (QED) is 0.614. The average molecular weight is 435 g/mol. The molecule has 1 unspecified atom stereocenters. The van der Waals surface area contributed by atoms with E-state index in [-0.39, 0.29) is 6.04 Å². The van der Waals surface area contributed by atoms with Crippen molar-refractivity contribution >= 4 is 45.6 Å². The standard InChI is InChI=1S/C20H20Cl2N4O3/c1-27-14-7-15(28-2)19(22)17(18(14)21)13-5-10-8-24-16(23)6-12(10)20(26-13)25-11-3-4-29-9-11/h5-8,11H,3-4,9H2,1-2H3,(H2,23,24)(H,25,26). The number of ether oxygens (including phenoxy) is 3. The third kappa shape index (κ3) is 3.73. The second-order valence-corrected chi connectivity index (χ2v) is 7.43. The smallest absolute Gasteiger partial charge is 0.141 e. The summed E-state index contributed by atoms with van der Waals surface area (Å²) in [5.41, 5.74) is 7.00. The Morgan fingerprint density at radius 2 is 1.86 bits per heavy atom. The maximum Gasteiger partial charge on any atom is 0.141 e. The topological polar surface area (TPSA) is 91.5 Å². The molecule has 0 aliphatic carbocycles. The molecule has 4 rings (SSSR count). The van der Waals surface area contributed by atoms with E-state index in [1.807, 2.05) is 6.07 Å². The number of aromatic nitrogens is 2. The number of nitrogen functional groups attached to an aromatic ring is 1. The zero-order valence-electron chi connectivity index (χ0n) is 16.0. The first-order valence-corrected chi connectivity index (χ1v) is 9.78. The van der Waals surface area contributed by atoms with Crippen molar-refractivity contribution in [3.63, 3.8) is 0 Å². The fourth-order valence-corrected chi connectivity index (χ4v) is 4.05. The Morgan fingerprint density at radius 3 is 2.48 bits per heavy atom. The Bertz CT molecular complexity index is 1040. The molecule has 1 fully saturated rings. The van der Waals surface area contributed by atoms with Crippen LogP contribution in [0.15, 0.2) is 24.4 Å². The fraction of sp³-hybridized carbons (Fsp3) is 0.300. The number of benzene rings is 1. The number of fused-ring (bicyclic) bond motifs is 1. The largest absolute Gasteiger partial charge is 0.495 e. The zero-order valence-corrected chi connectivity index (χ0v) is 17.5. The van der Waals surface area contributed by atoms with E-state index in [0.29, 0.717) is 57.7 Å². The number of rotatable bonds is 5. The summed E-state index contributed by atoms with van der Waals surface area (Å²) >= 11 is 13.2. The van der Waals surface area contributed by atoms with Gasteiger partial charge in [0.1, 0.15) is 23.1 Å². The molecule has 1 aliphatic rings. The van der Waals surface area contributed by atoms with Gasteiger partial charge in [0, 0.05) is 35.2 Å². The highest BCUT2D eigenvalue weighted by Crippen LogP contribution is 2.46. The van der Waals surface area contributed by atoms with Gasteiger partial charge in [-0.15, -0.1) is 0 Å². The van der Waals surface area contributed by atoms with Gasteiger partial charge in [0.05, 0.1) is 42.6 Å². The maximum absolute atomic E-state index is 6.60. The van der Waals surface area contributed by atoms with Crippen molar-refractivity contribution in [3.8, 4) is 22.8 Å². The SMILES string of the molecule is COc1cc(OC)c(Cl)c(-c2cc3cnc(N)cc3c(NC3CCOC3)n2)c1Cl. The highest BCUT2D eigenvalue weighted by molar-refractivity contribution is 6.41. The molecule has 1 saturated heterocycles. The van der Waals surface area contributed by atoms with E-state index in [1.165, 1.54) is 14.2 Å². The van der Waals surface area contributed by atoms with Gasteiger partial charge in [-0.1, -0.05) is 23.2 Å². The number of pyridine rings is 2. The molecule has 3 N–H and O–H groups in total. The average Bonchev–Trinajstić information content (AvgIpc) is 3.22. The zero-order chi connectivity index (χ0) is 20.5. The minimum absolute atomic E-state index is 0.154. The summed E-state index contributed by atoms with van der Waals surface area (Å²) < 4.78 is 16.2. The van der Waals surface area contributed by atoms with Crippen molar-refractivity contribution < 1.29 is 14.2 Å². The minimum Gasteiger partial charge on any atom is -0.495 e. The van der Waals surface area contributed by atoms with Crippen molar-refractivity contribution in [2.24, 2.45) is 0 Å². The maximum atomic E-state index is 6.60. The summed E-state index contributed by atoms with van der Waals surface area (Å²) in [6.45, 7) is 1.33. The van der Waals surface area contributed by atoms with Crippen LogP contribution in [-0.4, -0.2) is 43.4 Å². The second kappa shape index (κ2) is 8.10. The van der Waals surface area contributed by atoms with E-state index in [1.54, 1.807) is 18.3 Å². The van der Waals surface area contributed by atoms with Crippen LogP contribution in [0.4, 0.5) is 11.6 Å². The second-order valence-electron chi connectivity index (χ2n) is 6.68. The van der Waals surface area contributed by atoms with Gasteiger partial charge in [-0.05, 0) is 18.6 Å². The van der Waals surface area contributed by atoms with Crippen LogP contribution in [0.3, 0.4) is 0 Å². The molecule has 1 aromatic carbocycles. The van der Waals surface area contributed by atoms with Crippen LogP contribution in [0.25, 0.3) is 22.0 Å². The fourth-order valence-electron chi connectivity index (χ4n) is 3.35. The lowest BCUT2D eigenvalue weighted by Gasteiger charge is -2.18. The van der Waals surface area contributed by atoms with Crippen LogP contribution in [0.5, 0.6) is 11.5 Å². The molecule has 1 atom stereocenters. The summed E-state index contributed by atoms with van der Waals surface area (Å²) in [4.78, 5) is 9.03. The van der Waals surface area contributed by atoms with Gasteiger partial charge in [-0.25, -0.2) is 9.97 Å². The van der Waals surface area contributed by atoms with Gasteiger partial charge in [0.15, 0.2) is 0 Å². The molecule has 0 bridgehead atoms. The van der Waals surface area contributed by atoms with Crippen LogP contribution in [0.2, 0.25) is 10.0 Å². The van der Waals surface area contributed by atoms with E-state index in [9.17, 15) is 0 Å². The van der Waals surface area contributed by atoms with Crippen LogP contribution in [0, 0.1) is 0 Å². The van der Waals surface area contributed by atoms with Gasteiger partial charge < -0.3 is 25.3 Å². The Kier molecular flexibility index (Phi) is 5.54. The van der Waals surface area contributed by atoms with Gasteiger partial charge in [-0.3, -0.25) is 0 Å². The van der Waals surface area contributed by atoms with Crippen LogP contribution in [-0.2, 0) is 4.74 Å². The number of anilines is 2. The summed E-state index contributed by atoms with van der Waals surface area (Å²) in [5.74, 6) is 1.96. The Hall–Kier alpha value is -2.48. The number of hydrogen-bond acceptors (Lipinski definition) is 7. The highest BCUT2D eigenvalue weighted by atomic mass is 35.5. The Morgan fingerprint density at radius 1 is 1.14 bits per heavy atom. The number of halogens is 2. The third-order valence-corrected chi connectivity index (χ3v) is 5.59. The predicted molar refractivity (Wildman–Crippen MR) is 115 cm³/mol.